The molecule has 2 aromatic rings. The molecular formula is C32H35NO12. The number of benzene rings is 2. The number of nitrogens with one attached hydrogen (secondary N) is 1. The van der Waals surface area contributed by atoms with Gasteiger partial charge in [-0.1, -0.05) is 12.1 Å². The highest BCUT2D eigenvalue weighted by molar-refractivity contribution is 6.31. The van der Waals surface area contributed by atoms with Gasteiger partial charge in [-0.25, -0.2) is 4.79 Å². The Hall–Kier alpha value is -4.30. The fourth-order valence-corrected chi connectivity index (χ4v) is 6.34. The normalized spacial score (nSPS) is 27.6. The monoisotopic (exact) mass is 625 g/mol. The number of methoxy groups -OCH3 is 2. The van der Waals surface area contributed by atoms with E-state index in [0.29, 0.717) is 5.70 Å². The van der Waals surface area contributed by atoms with Crippen LogP contribution in [0.1, 0.15) is 82.7 Å². The fourth-order valence-electron chi connectivity index (χ4n) is 6.34. The zero-order valence-electron chi connectivity index (χ0n) is 25.4. The number of rotatable bonds is 7. The van der Waals surface area contributed by atoms with Gasteiger partial charge in [-0.2, -0.15) is 0 Å². The lowest BCUT2D eigenvalue weighted by Crippen LogP contribution is -2.54. The van der Waals surface area contributed by atoms with Crippen LogP contribution in [-0.4, -0.2) is 88.1 Å². The van der Waals surface area contributed by atoms with E-state index in [-0.39, 0.29) is 40.8 Å². The molecule has 240 valence electrons. The van der Waals surface area contributed by atoms with Gasteiger partial charge in [-0.3, -0.25) is 14.4 Å². The predicted octanol–water partition coefficient (Wildman–Crippen LogP) is 1.74. The summed E-state index contributed by atoms with van der Waals surface area (Å²) in [7, 11) is 2.56. The fraction of sp³-hybridized carbons (Fsp3) is 0.438. The third-order valence-electron chi connectivity index (χ3n) is 8.70. The minimum atomic E-state index is -2.06. The number of aliphatic hydroxyl groups is 2. The van der Waals surface area contributed by atoms with Crippen molar-refractivity contribution in [1.82, 2.24) is 5.32 Å². The summed E-state index contributed by atoms with van der Waals surface area (Å²) in [5, 5.41) is 48.3. The zero-order chi connectivity index (χ0) is 33.0. The van der Waals surface area contributed by atoms with Crippen molar-refractivity contribution in [3.05, 3.63) is 63.4 Å². The van der Waals surface area contributed by atoms with Crippen LogP contribution in [0.2, 0.25) is 0 Å². The summed E-state index contributed by atoms with van der Waals surface area (Å²) in [4.78, 5) is 51.8. The maximum Gasteiger partial charge on any atom is 0.332 e. The van der Waals surface area contributed by atoms with Gasteiger partial charge in [0.15, 0.2) is 17.9 Å². The van der Waals surface area contributed by atoms with Gasteiger partial charge in [0, 0.05) is 47.7 Å². The van der Waals surface area contributed by atoms with E-state index in [1.807, 2.05) is 0 Å². The second kappa shape index (κ2) is 11.9. The Balaban J connectivity index is 1.58. The molecule has 5 rings (SSSR count). The van der Waals surface area contributed by atoms with E-state index in [1.54, 1.807) is 13.8 Å². The lowest BCUT2D eigenvalue weighted by molar-refractivity contribution is -0.249. The molecule has 0 spiro atoms. The number of phenolic OH excluding ortho intramolecular Hbond substituents is 2. The van der Waals surface area contributed by atoms with Crippen molar-refractivity contribution < 1.29 is 58.6 Å². The van der Waals surface area contributed by atoms with Crippen LogP contribution in [0.3, 0.4) is 0 Å². The number of ether oxygens (including phenoxy) is 4. The molecule has 1 heterocycles. The minimum Gasteiger partial charge on any atom is -0.507 e. The van der Waals surface area contributed by atoms with Gasteiger partial charge >= 0.3 is 5.97 Å². The van der Waals surface area contributed by atoms with Gasteiger partial charge in [0.05, 0.1) is 49.2 Å². The second-order valence-corrected chi connectivity index (χ2v) is 11.6. The van der Waals surface area contributed by atoms with Crippen LogP contribution in [0, 0.1) is 0 Å². The highest BCUT2D eigenvalue weighted by Gasteiger charge is 2.49. The summed E-state index contributed by atoms with van der Waals surface area (Å²) >= 11 is 0. The molecule has 0 aromatic heterocycles. The summed E-state index contributed by atoms with van der Waals surface area (Å²) in [5.41, 5.74) is -2.88. The largest absolute Gasteiger partial charge is 0.507 e. The molecular weight excluding hydrogens is 590 g/mol. The predicted molar refractivity (Wildman–Crippen MR) is 155 cm³/mol. The smallest absolute Gasteiger partial charge is 0.332 e. The van der Waals surface area contributed by atoms with E-state index in [1.165, 1.54) is 45.4 Å². The van der Waals surface area contributed by atoms with Gasteiger partial charge in [0.25, 0.3) is 0 Å². The molecule has 2 aromatic carbocycles. The summed E-state index contributed by atoms with van der Waals surface area (Å²) < 4.78 is 22.1. The van der Waals surface area contributed by atoms with Crippen LogP contribution in [0.25, 0.3) is 0 Å². The summed E-state index contributed by atoms with van der Waals surface area (Å²) in [6.07, 6.45) is -3.81. The Bertz CT molecular complexity index is 1630. The Morgan fingerprint density at radius 2 is 1.76 bits per heavy atom. The first-order valence-corrected chi connectivity index (χ1v) is 14.3. The number of esters is 1. The van der Waals surface area contributed by atoms with Gasteiger partial charge in [-0.15, -0.1) is 0 Å². The minimum absolute atomic E-state index is 0.0157. The number of allylic oxidation sites excluding steroid dienone is 1. The number of aromatic hydroxyl groups is 2. The quantitative estimate of drug-likeness (QED) is 0.145. The average Bonchev–Trinajstić information content (AvgIpc) is 2.99. The number of ketones is 3. The topological polar surface area (TPSA) is 198 Å². The number of carbonyl (C=O) groups excluding carboxylic acids is 4. The maximum atomic E-state index is 13.8. The first-order chi connectivity index (χ1) is 21.2. The molecule has 1 saturated heterocycles. The molecule has 1 fully saturated rings. The van der Waals surface area contributed by atoms with Crippen LogP contribution in [0.15, 0.2) is 30.0 Å². The molecule has 3 aliphatic rings. The first-order valence-electron chi connectivity index (χ1n) is 14.3. The molecule has 13 nitrogen and oxygen atoms in total. The molecule has 5 N–H and O–H groups in total. The Morgan fingerprint density at radius 3 is 2.40 bits per heavy atom. The maximum absolute atomic E-state index is 13.8. The van der Waals surface area contributed by atoms with Gasteiger partial charge in [0.1, 0.15) is 29.0 Å². The zero-order valence-corrected chi connectivity index (χ0v) is 25.4. The number of hydrogen-bond acceptors (Lipinski definition) is 13. The van der Waals surface area contributed by atoms with Crippen LogP contribution in [-0.2, 0) is 30.2 Å². The molecule has 45 heavy (non-hydrogen) atoms. The average molecular weight is 626 g/mol. The molecule has 0 amide bonds. The van der Waals surface area contributed by atoms with Crippen molar-refractivity contribution in [3.8, 4) is 17.2 Å². The highest BCUT2D eigenvalue weighted by Crippen LogP contribution is 2.52. The third-order valence-corrected chi connectivity index (χ3v) is 8.70. The molecule has 2 aliphatic carbocycles. The molecule has 5 unspecified atom stereocenters. The lowest BCUT2D eigenvalue weighted by Gasteiger charge is -2.43. The summed E-state index contributed by atoms with van der Waals surface area (Å²) in [6, 6.07) is 3.73. The van der Waals surface area contributed by atoms with E-state index >= 15 is 0 Å². The number of fused-ring (bicyclic) bond motifs is 3. The second-order valence-electron chi connectivity index (χ2n) is 11.6. The number of hydrogen-bond donors (Lipinski definition) is 5. The highest BCUT2D eigenvalue weighted by atomic mass is 16.7. The number of Topliss-reactive ketones (excluding diaryl/α,β-unsaturated/α-hetero) is 1. The molecule has 6 atom stereocenters. The van der Waals surface area contributed by atoms with Crippen molar-refractivity contribution in [3.63, 3.8) is 0 Å². The number of carbonyl (C=O) groups is 4. The third kappa shape index (κ3) is 5.46. The van der Waals surface area contributed by atoms with Crippen molar-refractivity contribution in [1.29, 1.82) is 0 Å². The van der Waals surface area contributed by atoms with Gasteiger partial charge in [0.2, 0.25) is 5.78 Å². The molecule has 1 aliphatic heterocycles. The van der Waals surface area contributed by atoms with Crippen molar-refractivity contribution in [2.45, 2.75) is 76.3 Å². The van der Waals surface area contributed by atoms with Crippen molar-refractivity contribution in [2.75, 3.05) is 14.2 Å². The van der Waals surface area contributed by atoms with Gasteiger partial charge < -0.3 is 44.7 Å². The van der Waals surface area contributed by atoms with Crippen LogP contribution in [0.4, 0.5) is 0 Å². The molecule has 0 saturated carbocycles. The Morgan fingerprint density at radius 1 is 1.07 bits per heavy atom. The Kier molecular flexibility index (Phi) is 8.49. The summed E-state index contributed by atoms with van der Waals surface area (Å²) in [6.45, 7) is 4.38. The van der Waals surface area contributed by atoms with E-state index in [4.69, 9.17) is 14.2 Å². The van der Waals surface area contributed by atoms with E-state index in [9.17, 15) is 39.6 Å². The van der Waals surface area contributed by atoms with Crippen LogP contribution >= 0.6 is 0 Å². The van der Waals surface area contributed by atoms with E-state index in [2.05, 4.69) is 10.1 Å². The number of phenols is 2. The molecule has 13 heteroatoms. The van der Waals surface area contributed by atoms with Crippen LogP contribution < -0.4 is 10.1 Å². The first kappa shape index (κ1) is 32.1. The van der Waals surface area contributed by atoms with Crippen LogP contribution in [0.5, 0.6) is 17.2 Å². The van der Waals surface area contributed by atoms with Gasteiger partial charge in [-0.05, 0) is 26.8 Å². The number of aliphatic hydroxyl groups excluding tert-OH is 1. The van der Waals surface area contributed by atoms with Crippen molar-refractivity contribution in [2.24, 2.45) is 0 Å². The van der Waals surface area contributed by atoms with E-state index < -0.39 is 88.6 Å². The standard InChI is InChI=1S/C32H35NO12/c1-13(9-21(35)43-5)33-18-10-22(44-14(2)27(18)36)45-20-12-32(41,15(3)34)11-17-24(20)31(40)26-25(29(17)38)28(37)16-7-6-8-19(42-4)23(16)30(26)39/h6-9,14,18,20,22,27,33,36,38,40-41H,10-12H2,1-5H3/b13-9+/t14?,18?,20?,22?,27?,32-/m0/s1. The summed E-state index contributed by atoms with van der Waals surface area (Å²) in [5.74, 6) is -3.95. The SMILES string of the molecule is COC(=O)/C=C(\C)NC1CC(OC2C[C@](O)(C(C)=O)Cc3c(O)c4c(c(O)c32)C(=O)c2c(OC)cccc2C4=O)OC(C)C1O. The molecule has 0 bridgehead atoms. The Labute approximate surface area is 258 Å². The van der Waals surface area contributed by atoms with Crippen molar-refractivity contribution >= 4 is 23.3 Å². The van der Waals surface area contributed by atoms with E-state index in [0.717, 1.165) is 0 Å². The molecule has 0 radical (unpaired) electrons. The lowest BCUT2D eigenvalue weighted by atomic mass is 9.72.